The number of aromatic amines is 1. The van der Waals surface area contributed by atoms with E-state index < -0.39 is 0 Å². The lowest BCUT2D eigenvalue weighted by molar-refractivity contribution is -0.108. The fourth-order valence-electron chi connectivity index (χ4n) is 4.39. The molecule has 6 heteroatoms. The van der Waals surface area contributed by atoms with Crippen LogP contribution in [0.15, 0.2) is 24.3 Å². The molecule has 2 amide bonds. The SMILES string of the molecule is CC1(C)C(NC(=O)NCCCc2nc3ccccc3[nH]2)C2CCOC21. The summed E-state index contributed by atoms with van der Waals surface area (Å²) in [5.74, 6) is 1.44. The van der Waals surface area contributed by atoms with Gasteiger partial charge in [-0.3, -0.25) is 0 Å². The van der Waals surface area contributed by atoms with E-state index in [1.807, 2.05) is 24.3 Å². The zero-order valence-corrected chi connectivity index (χ0v) is 14.8. The molecule has 1 aromatic heterocycles. The van der Waals surface area contributed by atoms with Crippen LogP contribution < -0.4 is 10.6 Å². The van der Waals surface area contributed by atoms with Crippen LogP contribution in [0.4, 0.5) is 4.79 Å². The largest absolute Gasteiger partial charge is 0.377 e. The monoisotopic (exact) mass is 342 g/mol. The van der Waals surface area contributed by atoms with Gasteiger partial charge in [-0.15, -0.1) is 0 Å². The van der Waals surface area contributed by atoms with E-state index in [9.17, 15) is 4.79 Å². The van der Waals surface area contributed by atoms with Crippen molar-refractivity contribution in [3.05, 3.63) is 30.1 Å². The number of aryl methyl sites for hydroxylation is 1. The van der Waals surface area contributed by atoms with E-state index in [-0.39, 0.29) is 17.5 Å². The number of imidazole rings is 1. The fourth-order valence-corrected chi connectivity index (χ4v) is 4.39. The predicted molar refractivity (Wildman–Crippen MR) is 96.4 cm³/mol. The molecule has 1 saturated heterocycles. The molecule has 3 N–H and O–H groups in total. The van der Waals surface area contributed by atoms with Gasteiger partial charge in [-0.25, -0.2) is 9.78 Å². The number of fused-ring (bicyclic) bond motifs is 2. The number of hydrogen-bond donors (Lipinski definition) is 3. The number of carbonyl (C=O) groups excluding carboxylic acids is 1. The van der Waals surface area contributed by atoms with Crippen molar-refractivity contribution in [2.24, 2.45) is 11.3 Å². The Morgan fingerprint density at radius 1 is 1.40 bits per heavy atom. The van der Waals surface area contributed by atoms with E-state index in [0.29, 0.717) is 18.6 Å². The Morgan fingerprint density at radius 2 is 2.24 bits per heavy atom. The quantitative estimate of drug-likeness (QED) is 0.731. The lowest BCUT2D eigenvalue weighted by Gasteiger charge is -2.54. The molecular weight excluding hydrogens is 316 g/mol. The lowest BCUT2D eigenvalue weighted by atomic mass is 9.57. The average molecular weight is 342 g/mol. The minimum absolute atomic E-state index is 0.0206. The number of nitrogens with one attached hydrogen (secondary N) is 3. The van der Waals surface area contributed by atoms with Crippen LogP contribution in [0.3, 0.4) is 0 Å². The van der Waals surface area contributed by atoms with Gasteiger partial charge in [-0.1, -0.05) is 26.0 Å². The van der Waals surface area contributed by atoms with Gasteiger partial charge in [-0.2, -0.15) is 0 Å². The Morgan fingerprint density at radius 3 is 3.08 bits per heavy atom. The molecule has 1 aliphatic carbocycles. The Labute approximate surface area is 147 Å². The van der Waals surface area contributed by atoms with Gasteiger partial charge in [0.2, 0.25) is 0 Å². The molecule has 2 heterocycles. The van der Waals surface area contributed by atoms with Crippen molar-refractivity contribution in [1.82, 2.24) is 20.6 Å². The number of nitrogens with zero attached hydrogens (tertiary/aromatic N) is 1. The summed E-state index contributed by atoms with van der Waals surface area (Å²) in [5.41, 5.74) is 2.07. The Balaban J connectivity index is 1.21. The van der Waals surface area contributed by atoms with Crippen molar-refractivity contribution in [1.29, 1.82) is 0 Å². The van der Waals surface area contributed by atoms with Crippen LogP contribution in [-0.4, -0.2) is 41.3 Å². The van der Waals surface area contributed by atoms with Gasteiger partial charge in [0, 0.05) is 36.9 Å². The third-order valence-electron chi connectivity index (χ3n) is 5.70. The predicted octanol–water partition coefficient (Wildman–Crippen LogP) is 2.61. The maximum absolute atomic E-state index is 12.2. The number of hydrogen-bond acceptors (Lipinski definition) is 3. The van der Waals surface area contributed by atoms with Crippen molar-refractivity contribution >= 4 is 17.1 Å². The van der Waals surface area contributed by atoms with E-state index >= 15 is 0 Å². The highest BCUT2D eigenvalue weighted by molar-refractivity contribution is 5.75. The number of urea groups is 1. The number of rotatable bonds is 5. The first-order chi connectivity index (χ1) is 12.1. The van der Waals surface area contributed by atoms with Crippen LogP contribution in [0.2, 0.25) is 0 Å². The van der Waals surface area contributed by atoms with Gasteiger partial charge in [0.15, 0.2) is 0 Å². The molecule has 1 saturated carbocycles. The van der Waals surface area contributed by atoms with Crippen molar-refractivity contribution in [3.63, 3.8) is 0 Å². The van der Waals surface area contributed by atoms with Crippen molar-refractivity contribution < 1.29 is 9.53 Å². The first-order valence-electron chi connectivity index (χ1n) is 9.15. The van der Waals surface area contributed by atoms with Crippen LogP contribution in [-0.2, 0) is 11.2 Å². The number of para-hydroxylation sites is 2. The molecule has 3 atom stereocenters. The molecule has 2 fully saturated rings. The molecule has 0 bridgehead atoms. The maximum Gasteiger partial charge on any atom is 0.315 e. The van der Waals surface area contributed by atoms with Gasteiger partial charge < -0.3 is 20.4 Å². The number of ether oxygens (including phenoxy) is 1. The first-order valence-corrected chi connectivity index (χ1v) is 9.15. The zero-order chi connectivity index (χ0) is 17.4. The Hall–Kier alpha value is -2.08. The van der Waals surface area contributed by atoms with Crippen LogP contribution in [0, 0.1) is 11.3 Å². The minimum atomic E-state index is -0.0759. The number of H-pyrrole nitrogens is 1. The highest BCUT2D eigenvalue weighted by Crippen LogP contribution is 2.51. The van der Waals surface area contributed by atoms with E-state index in [1.54, 1.807) is 0 Å². The summed E-state index contributed by atoms with van der Waals surface area (Å²) in [5, 5.41) is 6.12. The van der Waals surface area contributed by atoms with Gasteiger partial charge in [0.25, 0.3) is 0 Å². The van der Waals surface area contributed by atoms with E-state index in [2.05, 4.69) is 34.4 Å². The standard InChI is InChI=1S/C19H26N4O2/c1-19(2)16(12-9-11-25-17(12)19)23-18(24)20-10-5-8-15-21-13-6-3-4-7-14(13)22-15/h3-4,6-7,12,16-17H,5,8-11H2,1-2H3,(H,21,22)(H2,20,23,24). The van der Waals surface area contributed by atoms with Gasteiger partial charge in [0.05, 0.1) is 17.1 Å². The number of benzene rings is 1. The Kier molecular flexibility index (Phi) is 4.15. The van der Waals surface area contributed by atoms with Crippen molar-refractivity contribution in [3.8, 4) is 0 Å². The second-order valence-electron chi connectivity index (χ2n) is 7.75. The summed E-state index contributed by atoms with van der Waals surface area (Å²) in [7, 11) is 0. The van der Waals surface area contributed by atoms with Crippen LogP contribution in [0.5, 0.6) is 0 Å². The molecule has 3 unspecified atom stereocenters. The summed E-state index contributed by atoms with van der Waals surface area (Å²) in [6.45, 7) is 5.80. The molecule has 1 aromatic carbocycles. The van der Waals surface area contributed by atoms with Gasteiger partial charge in [0.1, 0.15) is 5.82 Å². The third kappa shape index (κ3) is 2.99. The summed E-state index contributed by atoms with van der Waals surface area (Å²) >= 11 is 0. The molecular formula is C19H26N4O2. The average Bonchev–Trinajstić information content (AvgIpc) is 3.21. The lowest BCUT2D eigenvalue weighted by Crippen LogP contribution is -2.67. The summed E-state index contributed by atoms with van der Waals surface area (Å²) in [6.07, 6.45) is 3.02. The minimum Gasteiger partial charge on any atom is -0.377 e. The van der Waals surface area contributed by atoms with Crippen molar-refractivity contribution in [2.75, 3.05) is 13.2 Å². The molecule has 0 spiro atoms. The smallest absolute Gasteiger partial charge is 0.315 e. The zero-order valence-electron chi connectivity index (χ0n) is 14.8. The summed E-state index contributed by atoms with van der Waals surface area (Å²) in [6, 6.07) is 8.14. The molecule has 4 rings (SSSR count). The molecule has 134 valence electrons. The second-order valence-corrected chi connectivity index (χ2v) is 7.75. The summed E-state index contributed by atoms with van der Waals surface area (Å²) in [4.78, 5) is 20.1. The van der Waals surface area contributed by atoms with Crippen molar-refractivity contribution in [2.45, 2.75) is 45.3 Å². The van der Waals surface area contributed by atoms with Gasteiger partial charge in [-0.05, 0) is 25.0 Å². The van der Waals surface area contributed by atoms with Gasteiger partial charge >= 0.3 is 6.03 Å². The van der Waals surface area contributed by atoms with E-state index in [1.165, 1.54) is 0 Å². The number of aromatic nitrogens is 2. The Bertz CT molecular complexity index is 737. The molecule has 6 nitrogen and oxygen atoms in total. The van der Waals surface area contributed by atoms with Crippen LogP contribution >= 0.6 is 0 Å². The number of carbonyl (C=O) groups is 1. The van der Waals surface area contributed by atoms with Crippen LogP contribution in [0.25, 0.3) is 11.0 Å². The molecule has 0 radical (unpaired) electrons. The fraction of sp³-hybridized carbons (Fsp3) is 0.579. The molecule has 2 aliphatic rings. The summed E-state index contributed by atoms with van der Waals surface area (Å²) < 4.78 is 5.77. The highest BCUT2D eigenvalue weighted by atomic mass is 16.5. The third-order valence-corrected chi connectivity index (χ3v) is 5.70. The number of amides is 2. The molecule has 1 aliphatic heterocycles. The van der Waals surface area contributed by atoms with Crippen LogP contribution in [0.1, 0.15) is 32.5 Å². The highest BCUT2D eigenvalue weighted by Gasteiger charge is 2.59. The second kappa shape index (κ2) is 6.33. The normalized spacial score (nSPS) is 26.9. The van der Waals surface area contributed by atoms with E-state index in [0.717, 1.165) is 42.7 Å². The topological polar surface area (TPSA) is 79.0 Å². The molecule has 25 heavy (non-hydrogen) atoms. The first kappa shape index (κ1) is 16.4. The van der Waals surface area contributed by atoms with E-state index in [4.69, 9.17) is 4.74 Å². The molecule has 2 aromatic rings. The maximum atomic E-state index is 12.2.